The lowest BCUT2D eigenvalue weighted by molar-refractivity contribution is -0.385. The minimum Gasteiger partial charge on any atom is -0.457 e. The Kier molecular flexibility index (Phi) is 7.43. The average Bonchev–Trinajstić information content (AvgIpc) is 3.03. The molecular formula is C34H22FN3O5. The van der Waals surface area contributed by atoms with Gasteiger partial charge in [-0.05, 0) is 60.7 Å². The number of nitro benzene ring substituents is 1. The number of anilines is 1. The van der Waals surface area contributed by atoms with Gasteiger partial charge in [-0.1, -0.05) is 48.5 Å². The molecule has 210 valence electrons. The Hall–Kier alpha value is -6.09. The molecule has 0 spiro atoms. The first-order valence-corrected chi connectivity index (χ1v) is 13.2. The lowest BCUT2D eigenvalue weighted by Crippen LogP contribution is -2.13. The number of rotatable bonds is 8. The molecule has 6 aromatic rings. The van der Waals surface area contributed by atoms with Crippen LogP contribution in [0.4, 0.5) is 15.8 Å². The second kappa shape index (κ2) is 11.8. The van der Waals surface area contributed by atoms with E-state index in [1.807, 2.05) is 54.6 Å². The smallest absolute Gasteiger partial charge is 0.276 e. The molecule has 9 heteroatoms. The number of nitrogens with one attached hydrogen (secondary N) is 1. The van der Waals surface area contributed by atoms with Crippen molar-refractivity contribution in [3.63, 3.8) is 0 Å². The Balaban J connectivity index is 1.21. The van der Waals surface area contributed by atoms with Crippen LogP contribution in [0.25, 0.3) is 22.2 Å². The zero-order valence-electron chi connectivity index (χ0n) is 22.4. The predicted molar refractivity (Wildman–Crippen MR) is 161 cm³/mol. The number of hydrogen-bond acceptors (Lipinski definition) is 6. The number of pyridine rings is 1. The van der Waals surface area contributed by atoms with Gasteiger partial charge in [0.25, 0.3) is 11.6 Å². The largest absolute Gasteiger partial charge is 0.457 e. The minimum atomic E-state index is -0.560. The molecule has 1 N–H and O–H groups in total. The van der Waals surface area contributed by atoms with Crippen LogP contribution in [0.5, 0.6) is 23.0 Å². The van der Waals surface area contributed by atoms with E-state index in [2.05, 4.69) is 5.32 Å². The van der Waals surface area contributed by atoms with Crippen molar-refractivity contribution in [3.05, 3.63) is 149 Å². The third kappa shape index (κ3) is 6.31. The van der Waals surface area contributed by atoms with E-state index >= 15 is 0 Å². The molecule has 0 fully saturated rings. The Bertz CT molecular complexity index is 1950. The van der Waals surface area contributed by atoms with Crippen molar-refractivity contribution in [2.45, 2.75) is 0 Å². The number of ether oxygens (including phenoxy) is 2. The minimum absolute atomic E-state index is 0.152. The maximum absolute atomic E-state index is 13.4. The number of para-hydroxylation sites is 1. The van der Waals surface area contributed by atoms with E-state index in [-0.39, 0.29) is 23.1 Å². The zero-order chi connectivity index (χ0) is 29.8. The molecule has 0 radical (unpaired) electrons. The molecule has 5 aromatic carbocycles. The number of non-ortho nitro benzene ring substituents is 1. The van der Waals surface area contributed by atoms with Gasteiger partial charge in [0, 0.05) is 22.7 Å². The fraction of sp³-hybridized carbons (Fsp3) is 0. The number of nitrogens with zero attached hydrogens (tertiary/aromatic N) is 2. The predicted octanol–water partition coefficient (Wildman–Crippen LogP) is 8.79. The number of aromatic nitrogens is 1. The standard InChI is InChI=1S/C34H22FN3O5/c35-23-10-14-26(15-11-23)42-28-18-25(38(40)41)19-29(20-28)43-27-16-12-24(13-17-27)36-34(39)31-21-33(22-6-2-1-3-7-22)37-32-9-5-4-8-30(31)32/h1-21H,(H,36,39). The van der Waals surface area contributed by atoms with Crippen LogP contribution in [-0.2, 0) is 0 Å². The third-order valence-corrected chi connectivity index (χ3v) is 6.50. The summed E-state index contributed by atoms with van der Waals surface area (Å²) >= 11 is 0. The van der Waals surface area contributed by atoms with Crippen LogP contribution >= 0.6 is 0 Å². The summed E-state index contributed by atoms with van der Waals surface area (Å²) < 4.78 is 24.8. The summed E-state index contributed by atoms with van der Waals surface area (Å²) in [5, 5.41) is 15.2. The first-order valence-electron chi connectivity index (χ1n) is 13.2. The molecule has 0 aliphatic heterocycles. The average molecular weight is 572 g/mol. The van der Waals surface area contributed by atoms with Gasteiger partial charge in [-0.15, -0.1) is 0 Å². The van der Waals surface area contributed by atoms with Gasteiger partial charge in [0.1, 0.15) is 28.8 Å². The van der Waals surface area contributed by atoms with E-state index in [1.165, 1.54) is 42.5 Å². The van der Waals surface area contributed by atoms with Crippen LogP contribution in [0.3, 0.4) is 0 Å². The third-order valence-electron chi connectivity index (χ3n) is 6.50. The fourth-order valence-electron chi connectivity index (χ4n) is 4.48. The molecule has 0 bridgehead atoms. The van der Waals surface area contributed by atoms with Gasteiger partial charge >= 0.3 is 0 Å². The Labute approximate surface area is 245 Å². The topological polar surface area (TPSA) is 104 Å². The first kappa shape index (κ1) is 27.1. The molecule has 0 aliphatic carbocycles. The number of carbonyl (C=O) groups excluding carboxylic acids is 1. The first-order chi connectivity index (χ1) is 20.9. The molecule has 0 saturated carbocycles. The monoisotopic (exact) mass is 571 g/mol. The Morgan fingerprint density at radius 3 is 1.98 bits per heavy atom. The lowest BCUT2D eigenvalue weighted by atomic mass is 10.0. The van der Waals surface area contributed by atoms with Gasteiger partial charge in [-0.2, -0.15) is 0 Å². The van der Waals surface area contributed by atoms with Crippen LogP contribution in [0, 0.1) is 15.9 Å². The highest BCUT2D eigenvalue weighted by atomic mass is 19.1. The van der Waals surface area contributed by atoms with Gasteiger partial charge in [0.05, 0.1) is 33.8 Å². The highest BCUT2D eigenvalue weighted by molar-refractivity contribution is 6.13. The van der Waals surface area contributed by atoms with E-state index in [0.29, 0.717) is 34.0 Å². The van der Waals surface area contributed by atoms with Crippen LogP contribution in [0.2, 0.25) is 0 Å². The molecule has 43 heavy (non-hydrogen) atoms. The number of halogens is 1. The highest BCUT2D eigenvalue weighted by Crippen LogP contribution is 2.34. The number of carbonyl (C=O) groups is 1. The summed E-state index contributed by atoms with van der Waals surface area (Å²) in [4.78, 5) is 29.1. The Morgan fingerprint density at radius 2 is 1.33 bits per heavy atom. The summed E-state index contributed by atoms with van der Waals surface area (Å²) in [7, 11) is 0. The summed E-state index contributed by atoms with van der Waals surface area (Å²) in [5.74, 6) is 0.281. The molecule has 0 unspecified atom stereocenters. The summed E-state index contributed by atoms with van der Waals surface area (Å²) in [5.41, 5.74) is 3.06. The lowest BCUT2D eigenvalue weighted by Gasteiger charge is -2.12. The molecule has 0 saturated heterocycles. The molecule has 1 heterocycles. The van der Waals surface area contributed by atoms with Crippen molar-refractivity contribution >= 4 is 28.2 Å². The maximum Gasteiger partial charge on any atom is 0.276 e. The number of fused-ring (bicyclic) bond motifs is 1. The zero-order valence-corrected chi connectivity index (χ0v) is 22.4. The van der Waals surface area contributed by atoms with Crippen molar-refractivity contribution < 1.29 is 23.6 Å². The van der Waals surface area contributed by atoms with Gasteiger partial charge < -0.3 is 14.8 Å². The second-order valence-corrected chi connectivity index (χ2v) is 9.49. The van der Waals surface area contributed by atoms with Gasteiger partial charge in [-0.25, -0.2) is 9.37 Å². The van der Waals surface area contributed by atoms with E-state index in [1.54, 1.807) is 30.3 Å². The van der Waals surface area contributed by atoms with Gasteiger partial charge in [-0.3, -0.25) is 14.9 Å². The van der Waals surface area contributed by atoms with Crippen molar-refractivity contribution in [3.8, 4) is 34.3 Å². The SMILES string of the molecule is O=C(Nc1ccc(Oc2cc(Oc3ccc(F)cc3)cc([N+](=O)[O-])c2)cc1)c1cc(-c2ccccc2)nc2ccccc12. The van der Waals surface area contributed by atoms with Crippen molar-refractivity contribution in [2.24, 2.45) is 0 Å². The van der Waals surface area contributed by atoms with Crippen molar-refractivity contribution in [1.29, 1.82) is 0 Å². The van der Waals surface area contributed by atoms with Crippen LogP contribution < -0.4 is 14.8 Å². The molecule has 6 rings (SSSR count). The van der Waals surface area contributed by atoms with Crippen LogP contribution in [0.15, 0.2) is 127 Å². The second-order valence-electron chi connectivity index (χ2n) is 9.49. The quantitative estimate of drug-likeness (QED) is 0.145. The summed E-state index contributed by atoms with van der Waals surface area (Å²) in [6.07, 6.45) is 0. The molecule has 8 nitrogen and oxygen atoms in total. The number of hydrogen-bond donors (Lipinski definition) is 1. The van der Waals surface area contributed by atoms with Gasteiger partial charge in [0.2, 0.25) is 0 Å². The van der Waals surface area contributed by atoms with E-state index in [4.69, 9.17) is 14.5 Å². The number of nitro groups is 1. The maximum atomic E-state index is 13.4. The van der Waals surface area contributed by atoms with Crippen LogP contribution in [-0.4, -0.2) is 15.8 Å². The van der Waals surface area contributed by atoms with Crippen molar-refractivity contribution in [2.75, 3.05) is 5.32 Å². The molecule has 1 aromatic heterocycles. The van der Waals surface area contributed by atoms with E-state index < -0.39 is 10.7 Å². The highest BCUT2D eigenvalue weighted by Gasteiger charge is 2.16. The summed E-state index contributed by atoms with van der Waals surface area (Å²) in [6, 6.07) is 34.8. The molecular weight excluding hydrogens is 549 g/mol. The van der Waals surface area contributed by atoms with Crippen molar-refractivity contribution in [1.82, 2.24) is 4.98 Å². The molecule has 0 aliphatic rings. The van der Waals surface area contributed by atoms with E-state index in [9.17, 15) is 19.3 Å². The van der Waals surface area contributed by atoms with Gasteiger partial charge in [0.15, 0.2) is 0 Å². The molecule has 0 atom stereocenters. The fourth-order valence-corrected chi connectivity index (χ4v) is 4.48. The molecule has 1 amide bonds. The van der Waals surface area contributed by atoms with E-state index in [0.717, 1.165) is 10.9 Å². The number of amides is 1. The normalized spacial score (nSPS) is 10.7. The van der Waals surface area contributed by atoms with Crippen LogP contribution in [0.1, 0.15) is 10.4 Å². The Morgan fingerprint density at radius 1 is 0.721 bits per heavy atom. The number of benzene rings is 5. The summed E-state index contributed by atoms with van der Waals surface area (Å²) in [6.45, 7) is 0.